The Morgan fingerprint density at radius 2 is 2.00 bits per heavy atom. The number of ether oxygens (including phenoxy) is 2. The Labute approximate surface area is 154 Å². The van der Waals surface area contributed by atoms with Crippen LogP contribution in [0.25, 0.3) is 0 Å². The van der Waals surface area contributed by atoms with Crippen LogP contribution in [0.2, 0.25) is 0 Å². The highest BCUT2D eigenvalue weighted by atomic mass is 16.5. The first-order chi connectivity index (χ1) is 12.8. The zero-order valence-electron chi connectivity index (χ0n) is 15.5. The van der Waals surface area contributed by atoms with Crippen LogP contribution in [0.4, 0.5) is 17.5 Å². The van der Waals surface area contributed by atoms with Crippen LogP contribution in [0.5, 0.6) is 11.5 Å². The summed E-state index contributed by atoms with van der Waals surface area (Å²) in [5.74, 6) is 2.76. The topological polar surface area (TPSA) is 71.5 Å². The van der Waals surface area contributed by atoms with Gasteiger partial charge in [-0.15, -0.1) is 0 Å². The lowest BCUT2D eigenvalue weighted by molar-refractivity contribution is 0.254. The van der Waals surface area contributed by atoms with Gasteiger partial charge in [-0.1, -0.05) is 0 Å². The molecule has 140 valence electrons. The molecule has 0 bridgehead atoms. The summed E-state index contributed by atoms with van der Waals surface area (Å²) in [6.45, 7) is 4.20. The molecule has 1 saturated heterocycles. The van der Waals surface area contributed by atoms with Crippen molar-refractivity contribution < 1.29 is 9.47 Å². The van der Waals surface area contributed by atoms with Crippen molar-refractivity contribution in [2.75, 3.05) is 51.0 Å². The quantitative estimate of drug-likeness (QED) is 0.668. The number of rotatable bonds is 9. The average molecular weight is 357 g/mol. The third kappa shape index (κ3) is 4.98. The zero-order valence-corrected chi connectivity index (χ0v) is 15.5. The fraction of sp³-hybridized carbons (Fsp3) is 0.474. The van der Waals surface area contributed by atoms with Crippen molar-refractivity contribution >= 4 is 17.5 Å². The number of methoxy groups -OCH3 is 1. The monoisotopic (exact) mass is 357 g/mol. The summed E-state index contributed by atoms with van der Waals surface area (Å²) in [7, 11) is 3.45. The van der Waals surface area contributed by atoms with E-state index in [0.717, 1.165) is 36.0 Å². The van der Waals surface area contributed by atoms with Gasteiger partial charge in [0.25, 0.3) is 0 Å². The molecule has 2 heterocycles. The summed E-state index contributed by atoms with van der Waals surface area (Å²) in [6.07, 6.45) is 5.36. The van der Waals surface area contributed by atoms with Crippen LogP contribution >= 0.6 is 0 Å². The Kier molecular flexibility index (Phi) is 6.49. The second kappa shape index (κ2) is 9.24. The number of nitrogens with zero attached hydrogens (tertiary/aromatic N) is 3. The largest absolute Gasteiger partial charge is 0.493 e. The van der Waals surface area contributed by atoms with Crippen molar-refractivity contribution in [3.05, 3.63) is 30.5 Å². The molecule has 1 fully saturated rings. The number of benzene rings is 1. The predicted octanol–water partition coefficient (Wildman–Crippen LogP) is 3.14. The third-order valence-electron chi connectivity index (χ3n) is 4.39. The molecular formula is C19H27N5O2. The molecule has 1 aliphatic heterocycles. The molecule has 7 heteroatoms. The molecule has 1 aliphatic rings. The van der Waals surface area contributed by atoms with E-state index in [1.54, 1.807) is 20.4 Å². The highest BCUT2D eigenvalue weighted by Crippen LogP contribution is 2.31. The number of anilines is 3. The van der Waals surface area contributed by atoms with Crippen LogP contribution in [0, 0.1) is 0 Å². The van der Waals surface area contributed by atoms with E-state index < -0.39 is 0 Å². The van der Waals surface area contributed by atoms with E-state index in [4.69, 9.17) is 9.47 Å². The van der Waals surface area contributed by atoms with E-state index in [2.05, 4.69) is 25.5 Å². The average Bonchev–Trinajstić information content (AvgIpc) is 3.19. The van der Waals surface area contributed by atoms with Crippen molar-refractivity contribution in [3.63, 3.8) is 0 Å². The van der Waals surface area contributed by atoms with Crippen LogP contribution in [-0.2, 0) is 0 Å². The first kappa shape index (κ1) is 18.3. The summed E-state index contributed by atoms with van der Waals surface area (Å²) in [5, 5.41) is 6.20. The molecule has 26 heavy (non-hydrogen) atoms. The minimum absolute atomic E-state index is 0.571. The maximum absolute atomic E-state index is 5.97. The molecule has 3 rings (SSSR count). The Balaban J connectivity index is 1.59. The molecule has 0 amide bonds. The van der Waals surface area contributed by atoms with E-state index in [1.807, 2.05) is 24.3 Å². The third-order valence-corrected chi connectivity index (χ3v) is 4.39. The lowest BCUT2D eigenvalue weighted by Crippen LogP contribution is -2.21. The van der Waals surface area contributed by atoms with Gasteiger partial charge >= 0.3 is 0 Å². The summed E-state index contributed by atoms with van der Waals surface area (Å²) in [6, 6.07) is 7.60. The number of hydrogen-bond donors (Lipinski definition) is 2. The summed E-state index contributed by atoms with van der Waals surface area (Å²) in [5.41, 5.74) is 0.890. The van der Waals surface area contributed by atoms with Gasteiger partial charge < -0.3 is 25.0 Å². The van der Waals surface area contributed by atoms with Crippen molar-refractivity contribution in [1.82, 2.24) is 14.9 Å². The highest BCUT2D eigenvalue weighted by Gasteiger charge is 2.11. The van der Waals surface area contributed by atoms with Crippen molar-refractivity contribution in [3.8, 4) is 11.5 Å². The van der Waals surface area contributed by atoms with Gasteiger partial charge in [0.2, 0.25) is 5.95 Å². The molecule has 0 spiro atoms. The van der Waals surface area contributed by atoms with Gasteiger partial charge in [-0.25, -0.2) is 4.98 Å². The van der Waals surface area contributed by atoms with Crippen LogP contribution < -0.4 is 20.1 Å². The predicted molar refractivity (Wildman–Crippen MR) is 104 cm³/mol. The molecule has 0 atom stereocenters. The Hall–Kier alpha value is -2.54. The van der Waals surface area contributed by atoms with Crippen LogP contribution in [0.3, 0.4) is 0 Å². The van der Waals surface area contributed by atoms with E-state index >= 15 is 0 Å². The molecule has 0 unspecified atom stereocenters. The summed E-state index contributed by atoms with van der Waals surface area (Å²) >= 11 is 0. The molecule has 7 nitrogen and oxygen atoms in total. The molecule has 0 radical (unpaired) electrons. The minimum Gasteiger partial charge on any atom is -0.493 e. The number of aromatic nitrogens is 2. The first-order valence-corrected chi connectivity index (χ1v) is 9.09. The van der Waals surface area contributed by atoms with Gasteiger partial charge in [-0.05, 0) is 50.6 Å². The summed E-state index contributed by atoms with van der Waals surface area (Å²) < 4.78 is 11.4. The number of hydrogen-bond acceptors (Lipinski definition) is 7. The van der Waals surface area contributed by atoms with Gasteiger partial charge in [0, 0.05) is 31.5 Å². The van der Waals surface area contributed by atoms with Crippen molar-refractivity contribution in [2.24, 2.45) is 0 Å². The van der Waals surface area contributed by atoms with Gasteiger partial charge in [0.1, 0.15) is 5.82 Å². The fourth-order valence-electron chi connectivity index (χ4n) is 3.04. The molecule has 1 aromatic carbocycles. The Morgan fingerprint density at radius 1 is 1.15 bits per heavy atom. The zero-order chi connectivity index (χ0) is 18.2. The SMILES string of the molecule is CNc1nccc(Nc2ccc(OC)c(OCCCN3CCCC3)c2)n1. The van der Waals surface area contributed by atoms with Gasteiger partial charge in [0.15, 0.2) is 11.5 Å². The smallest absolute Gasteiger partial charge is 0.224 e. The second-order valence-electron chi connectivity index (χ2n) is 6.26. The fourth-order valence-corrected chi connectivity index (χ4v) is 3.04. The normalized spacial score (nSPS) is 14.2. The molecule has 1 aromatic heterocycles. The molecule has 2 aromatic rings. The maximum Gasteiger partial charge on any atom is 0.224 e. The molecule has 0 aliphatic carbocycles. The highest BCUT2D eigenvalue weighted by molar-refractivity contribution is 5.61. The summed E-state index contributed by atoms with van der Waals surface area (Å²) in [4.78, 5) is 11.0. The van der Waals surface area contributed by atoms with E-state index in [0.29, 0.717) is 12.6 Å². The lowest BCUT2D eigenvalue weighted by atomic mass is 10.2. The van der Waals surface area contributed by atoms with Gasteiger partial charge in [-0.3, -0.25) is 0 Å². The maximum atomic E-state index is 5.97. The van der Waals surface area contributed by atoms with E-state index in [9.17, 15) is 0 Å². The van der Waals surface area contributed by atoms with Crippen LogP contribution in [0.15, 0.2) is 30.5 Å². The molecule has 2 N–H and O–H groups in total. The Bertz CT molecular complexity index is 704. The van der Waals surface area contributed by atoms with Crippen molar-refractivity contribution in [1.29, 1.82) is 0 Å². The second-order valence-corrected chi connectivity index (χ2v) is 6.26. The molecule has 0 saturated carbocycles. The number of likely N-dealkylation sites (tertiary alicyclic amines) is 1. The standard InChI is InChI=1S/C19H27N5O2/c1-20-19-21-9-8-18(23-19)22-15-6-7-16(25-2)17(14-15)26-13-5-12-24-10-3-4-11-24/h6-9,14H,3-5,10-13H2,1-2H3,(H2,20,21,22,23). The first-order valence-electron chi connectivity index (χ1n) is 9.09. The van der Waals surface area contributed by atoms with Crippen LogP contribution in [0.1, 0.15) is 19.3 Å². The van der Waals surface area contributed by atoms with Crippen molar-refractivity contribution in [2.45, 2.75) is 19.3 Å². The van der Waals surface area contributed by atoms with Crippen LogP contribution in [-0.4, -0.2) is 55.3 Å². The number of nitrogens with one attached hydrogen (secondary N) is 2. The Morgan fingerprint density at radius 3 is 2.77 bits per heavy atom. The van der Waals surface area contributed by atoms with E-state index in [-0.39, 0.29) is 0 Å². The lowest BCUT2D eigenvalue weighted by Gasteiger charge is -2.16. The van der Waals surface area contributed by atoms with Gasteiger partial charge in [0.05, 0.1) is 13.7 Å². The minimum atomic E-state index is 0.571. The van der Waals surface area contributed by atoms with E-state index in [1.165, 1.54) is 25.9 Å². The molecular weight excluding hydrogens is 330 g/mol. The van der Waals surface area contributed by atoms with Gasteiger partial charge in [-0.2, -0.15) is 4.98 Å².